The summed E-state index contributed by atoms with van der Waals surface area (Å²) >= 11 is 0. The Hall–Kier alpha value is -4.61. The zero-order valence-electron chi connectivity index (χ0n) is 28.0. The molecular weight excluding hydrogens is 1010 g/mol. The van der Waals surface area contributed by atoms with Crippen LogP contribution in [-0.2, 0) is 73.9 Å². The van der Waals surface area contributed by atoms with Crippen LogP contribution in [0.1, 0.15) is 0 Å². The van der Waals surface area contributed by atoms with Crippen molar-refractivity contribution in [1.82, 2.24) is 0 Å². The molecule has 0 aliphatic rings. The first-order chi connectivity index (χ1) is 25.4. The molecule has 0 fully saturated rings. The Kier molecular flexibility index (Phi) is 22.8. The SMILES string of the molecule is O=S(=O)([O-])Nc1ccccc1.O=S(=O)([O-])Nc1ccccc1.O=S(=O)([O-])Nc1ccccc1.O=S(=O)([O-])Nc1ccccc1.O=S(=O)([O-])Nc1ccccc1.[Ta+5]. The fourth-order valence-corrected chi connectivity index (χ4v) is 5.38. The third-order valence-electron chi connectivity index (χ3n) is 5.08. The van der Waals surface area contributed by atoms with Gasteiger partial charge in [-0.2, -0.15) is 0 Å². The van der Waals surface area contributed by atoms with E-state index >= 15 is 0 Å². The topological polar surface area (TPSA) is 346 Å². The Labute approximate surface area is 340 Å². The number of nitrogens with one attached hydrogen (secondary N) is 5. The van der Waals surface area contributed by atoms with E-state index in [0.29, 0.717) is 0 Å². The van der Waals surface area contributed by atoms with Crippen LogP contribution in [0.5, 0.6) is 0 Å². The molecule has 5 aromatic carbocycles. The first-order valence-corrected chi connectivity index (χ1v) is 21.4. The molecule has 20 nitrogen and oxygen atoms in total. The molecule has 26 heteroatoms. The third-order valence-corrected chi connectivity index (χ3v) is 7.51. The fourth-order valence-electron chi connectivity index (χ4n) is 3.25. The predicted molar refractivity (Wildman–Crippen MR) is 199 cm³/mol. The van der Waals surface area contributed by atoms with Gasteiger partial charge >= 0.3 is 22.4 Å². The summed E-state index contributed by atoms with van der Waals surface area (Å²) in [6.45, 7) is 0. The van der Waals surface area contributed by atoms with Crippen molar-refractivity contribution in [1.29, 1.82) is 0 Å². The van der Waals surface area contributed by atoms with Gasteiger partial charge in [-0.3, -0.25) is 23.6 Å². The zero-order chi connectivity index (χ0) is 41.6. The minimum absolute atomic E-state index is 0. The van der Waals surface area contributed by atoms with Crippen LogP contribution in [0.25, 0.3) is 0 Å². The largest absolute Gasteiger partial charge is 5.00 e. The van der Waals surface area contributed by atoms with Crippen LogP contribution in [0.3, 0.4) is 0 Å². The maximum atomic E-state index is 10.1. The van der Waals surface area contributed by atoms with E-state index < -0.39 is 51.5 Å². The Morgan fingerprint density at radius 3 is 0.446 bits per heavy atom. The molecule has 0 amide bonds. The van der Waals surface area contributed by atoms with Crippen LogP contribution >= 0.6 is 0 Å². The number of hydrogen-bond acceptors (Lipinski definition) is 15. The van der Waals surface area contributed by atoms with Crippen molar-refractivity contribution in [3.8, 4) is 0 Å². The van der Waals surface area contributed by atoms with Crippen molar-refractivity contribution in [3.05, 3.63) is 152 Å². The van der Waals surface area contributed by atoms with Crippen LogP contribution < -0.4 is 23.6 Å². The molecular formula is C30H30N5O15S5Ta. The molecule has 0 aliphatic carbocycles. The van der Waals surface area contributed by atoms with Gasteiger partial charge in [-0.15, -0.1) is 0 Å². The van der Waals surface area contributed by atoms with Crippen molar-refractivity contribution in [2.24, 2.45) is 0 Å². The molecule has 0 heterocycles. The molecule has 300 valence electrons. The third kappa shape index (κ3) is 31.7. The molecule has 0 saturated heterocycles. The molecule has 0 bridgehead atoms. The maximum Gasteiger partial charge on any atom is 5.00 e. The summed E-state index contributed by atoms with van der Waals surface area (Å²) < 4.78 is 161. The Bertz CT molecular complexity index is 2010. The van der Waals surface area contributed by atoms with Crippen LogP contribution in [0.15, 0.2) is 152 Å². The number of anilines is 5. The molecule has 0 saturated carbocycles. The van der Waals surface area contributed by atoms with Crippen molar-refractivity contribution in [2.75, 3.05) is 23.6 Å². The van der Waals surface area contributed by atoms with Crippen LogP contribution in [0, 0.1) is 0 Å². The van der Waals surface area contributed by atoms with E-state index in [0.717, 1.165) is 0 Å². The number of rotatable bonds is 10. The molecule has 5 N–H and O–H groups in total. The number of para-hydroxylation sites is 5. The predicted octanol–water partition coefficient (Wildman–Crippen LogP) is 2.79. The monoisotopic (exact) mass is 1040 g/mol. The summed E-state index contributed by atoms with van der Waals surface area (Å²) in [5.74, 6) is 0. The van der Waals surface area contributed by atoms with Gasteiger partial charge in [0.15, 0.2) is 51.5 Å². The van der Waals surface area contributed by atoms with Crippen LogP contribution in [0.2, 0.25) is 0 Å². The Morgan fingerprint density at radius 1 is 0.250 bits per heavy atom. The van der Waals surface area contributed by atoms with E-state index in [1.807, 2.05) is 0 Å². The molecule has 0 aromatic heterocycles. The van der Waals surface area contributed by atoms with E-state index in [9.17, 15) is 64.9 Å². The van der Waals surface area contributed by atoms with Gasteiger partial charge < -0.3 is 22.8 Å². The van der Waals surface area contributed by atoms with Gasteiger partial charge in [-0.05, 0) is 60.7 Å². The van der Waals surface area contributed by atoms with Gasteiger partial charge in [-0.25, -0.2) is 42.1 Å². The second-order valence-corrected chi connectivity index (χ2v) is 15.2. The first-order valence-electron chi connectivity index (χ1n) is 14.3. The van der Waals surface area contributed by atoms with Crippen LogP contribution in [-0.4, -0.2) is 64.9 Å². The summed E-state index contributed by atoms with van der Waals surface area (Å²) in [6.07, 6.45) is 0. The van der Waals surface area contributed by atoms with Crippen molar-refractivity contribution in [2.45, 2.75) is 0 Å². The first kappa shape index (κ1) is 51.4. The zero-order valence-corrected chi connectivity index (χ0v) is 35.3. The summed E-state index contributed by atoms with van der Waals surface area (Å²) in [6, 6.07) is 39.9. The molecule has 5 rings (SSSR count). The molecule has 0 aliphatic heterocycles. The van der Waals surface area contributed by atoms with Gasteiger partial charge in [-0.1, -0.05) is 91.0 Å². The summed E-state index contributed by atoms with van der Waals surface area (Å²) in [5, 5.41) is 0. The van der Waals surface area contributed by atoms with Gasteiger partial charge in [0.25, 0.3) is 0 Å². The molecule has 0 radical (unpaired) electrons. The minimum atomic E-state index is -4.38. The summed E-state index contributed by atoms with van der Waals surface area (Å²) in [7, 11) is -21.9. The van der Waals surface area contributed by atoms with Crippen LogP contribution in [0.4, 0.5) is 28.4 Å². The van der Waals surface area contributed by atoms with Crippen molar-refractivity contribution >= 4 is 80.0 Å². The van der Waals surface area contributed by atoms with Gasteiger partial charge in [0.05, 0.1) is 0 Å². The Morgan fingerprint density at radius 2 is 0.357 bits per heavy atom. The minimum Gasteiger partial charge on any atom is -0.731 e. The quantitative estimate of drug-likeness (QED) is 0.126. The van der Waals surface area contributed by atoms with Crippen molar-refractivity contribution < 1.29 is 87.2 Å². The summed E-state index contributed by atoms with van der Waals surface area (Å²) in [5.41, 5.74) is 1.40. The maximum absolute atomic E-state index is 10.1. The summed E-state index contributed by atoms with van der Waals surface area (Å²) in [4.78, 5) is 0. The number of hydrogen-bond donors (Lipinski definition) is 5. The normalized spacial score (nSPS) is 10.8. The second kappa shape index (κ2) is 24.8. The Balaban J connectivity index is 0.000000672. The molecule has 0 spiro atoms. The van der Waals surface area contributed by atoms with E-state index in [4.69, 9.17) is 0 Å². The van der Waals surface area contributed by atoms with Crippen molar-refractivity contribution in [3.63, 3.8) is 0 Å². The van der Waals surface area contributed by atoms with E-state index in [-0.39, 0.29) is 50.8 Å². The second-order valence-electron chi connectivity index (χ2n) is 9.61. The van der Waals surface area contributed by atoms with Gasteiger partial charge in [0.2, 0.25) is 0 Å². The molecule has 0 unspecified atom stereocenters. The number of benzene rings is 5. The molecule has 5 aromatic rings. The smallest absolute Gasteiger partial charge is 0.731 e. The average molecular weight is 1040 g/mol. The average Bonchev–Trinajstić information content (AvgIpc) is 3.05. The molecule has 56 heavy (non-hydrogen) atoms. The van der Waals surface area contributed by atoms with Gasteiger partial charge in [0.1, 0.15) is 0 Å². The standard InChI is InChI=1S/5C6H7NO3S.Ta/c5*8-11(9,10)7-6-4-2-1-3-5-6;/h5*1-5,7H,(H,8,9,10);/q;;;;;+5/p-5. The van der Waals surface area contributed by atoms with E-state index in [1.54, 1.807) is 115 Å². The molecule has 0 atom stereocenters. The van der Waals surface area contributed by atoms with E-state index in [2.05, 4.69) is 0 Å². The fraction of sp³-hybridized carbons (Fsp3) is 0. The van der Waals surface area contributed by atoms with E-state index in [1.165, 1.54) is 60.7 Å². The van der Waals surface area contributed by atoms with Gasteiger partial charge in [0, 0.05) is 28.4 Å².